The van der Waals surface area contributed by atoms with E-state index in [1.807, 2.05) is 18.2 Å². The fraction of sp³-hybridized carbons (Fsp3) is 0.214. The lowest BCUT2D eigenvalue weighted by molar-refractivity contribution is 0.110. The average molecular weight is 214 g/mol. The maximum Gasteiger partial charge on any atom is 0.185 e. The highest BCUT2D eigenvalue weighted by Gasteiger charge is 2.03. The average Bonchev–Trinajstić information content (AvgIpc) is 2.79. The summed E-state index contributed by atoms with van der Waals surface area (Å²) in [5.74, 6) is 1.11. The van der Waals surface area contributed by atoms with Crippen LogP contribution >= 0.6 is 0 Å². The molecule has 2 rings (SSSR count). The fourth-order valence-corrected chi connectivity index (χ4v) is 1.70. The summed E-state index contributed by atoms with van der Waals surface area (Å²) in [6.07, 6.45) is 2.96. The molecule has 1 heterocycles. The molecule has 0 aliphatic heterocycles. The Morgan fingerprint density at radius 3 is 2.44 bits per heavy atom. The van der Waals surface area contributed by atoms with Crippen molar-refractivity contribution in [2.45, 2.75) is 19.8 Å². The molecule has 0 saturated heterocycles. The second-order valence-electron chi connectivity index (χ2n) is 3.77. The van der Waals surface area contributed by atoms with E-state index in [0.717, 1.165) is 30.5 Å². The topological polar surface area (TPSA) is 30.2 Å². The van der Waals surface area contributed by atoms with E-state index in [2.05, 4.69) is 19.1 Å². The summed E-state index contributed by atoms with van der Waals surface area (Å²) in [6.45, 7) is 2.16. The van der Waals surface area contributed by atoms with Gasteiger partial charge in [0.25, 0.3) is 0 Å². The van der Waals surface area contributed by atoms with Gasteiger partial charge in [0, 0.05) is 5.56 Å². The van der Waals surface area contributed by atoms with E-state index in [0.29, 0.717) is 5.76 Å². The first-order chi connectivity index (χ1) is 7.83. The van der Waals surface area contributed by atoms with Gasteiger partial charge in [0.15, 0.2) is 12.0 Å². The largest absolute Gasteiger partial charge is 0.453 e. The maximum absolute atomic E-state index is 10.5. The first-order valence-electron chi connectivity index (χ1n) is 5.48. The highest BCUT2D eigenvalue weighted by molar-refractivity contribution is 5.72. The van der Waals surface area contributed by atoms with Gasteiger partial charge in [-0.15, -0.1) is 0 Å². The minimum Gasteiger partial charge on any atom is -0.453 e. The highest BCUT2D eigenvalue weighted by atomic mass is 16.3. The van der Waals surface area contributed by atoms with E-state index in [4.69, 9.17) is 4.42 Å². The number of rotatable bonds is 4. The van der Waals surface area contributed by atoms with Crippen molar-refractivity contribution in [2.24, 2.45) is 0 Å². The van der Waals surface area contributed by atoms with Gasteiger partial charge < -0.3 is 4.42 Å². The van der Waals surface area contributed by atoms with Gasteiger partial charge in [-0.25, -0.2) is 0 Å². The summed E-state index contributed by atoms with van der Waals surface area (Å²) < 4.78 is 5.35. The molecule has 0 unspecified atom stereocenters. The molecule has 0 fully saturated rings. The Hall–Kier alpha value is -1.83. The van der Waals surface area contributed by atoms with E-state index in [-0.39, 0.29) is 0 Å². The minimum absolute atomic E-state index is 0.368. The zero-order chi connectivity index (χ0) is 11.4. The van der Waals surface area contributed by atoms with Crippen molar-refractivity contribution < 1.29 is 9.21 Å². The summed E-state index contributed by atoms with van der Waals surface area (Å²) in [7, 11) is 0. The van der Waals surface area contributed by atoms with Crippen molar-refractivity contribution in [2.75, 3.05) is 0 Å². The van der Waals surface area contributed by atoms with Crippen LogP contribution in [0.5, 0.6) is 0 Å². The Morgan fingerprint density at radius 1 is 1.12 bits per heavy atom. The summed E-state index contributed by atoms with van der Waals surface area (Å²) in [6, 6.07) is 11.8. The SMILES string of the molecule is CCCc1ccc(-c2ccc(C=O)o2)cc1. The number of hydrogen-bond donors (Lipinski definition) is 0. The Morgan fingerprint density at radius 2 is 1.88 bits per heavy atom. The van der Waals surface area contributed by atoms with E-state index in [1.54, 1.807) is 6.07 Å². The van der Waals surface area contributed by atoms with Gasteiger partial charge in [-0.05, 0) is 24.1 Å². The van der Waals surface area contributed by atoms with Crippen LogP contribution in [0.25, 0.3) is 11.3 Å². The molecule has 16 heavy (non-hydrogen) atoms. The van der Waals surface area contributed by atoms with Gasteiger partial charge >= 0.3 is 0 Å². The monoisotopic (exact) mass is 214 g/mol. The predicted molar refractivity (Wildman–Crippen MR) is 63.5 cm³/mol. The van der Waals surface area contributed by atoms with Gasteiger partial charge in [0.05, 0.1) is 0 Å². The first kappa shape index (κ1) is 10.7. The van der Waals surface area contributed by atoms with Crippen molar-refractivity contribution in [3.05, 3.63) is 47.7 Å². The number of benzene rings is 1. The molecule has 82 valence electrons. The molecule has 0 radical (unpaired) electrons. The molecule has 1 aromatic carbocycles. The molecular formula is C14H14O2. The molecule has 0 bridgehead atoms. The molecule has 0 spiro atoms. The lowest BCUT2D eigenvalue weighted by Crippen LogP contribution is -1.82. The Balaban J connectivity index is 2.23. The van der Waals surface area contributed by atoms with E-state index >= 15 is 0 Å². The van der Waals surface area contributed by atoms with Gasteiger partial charge in [-0.3, -0.25) is 4.79 Å². The Bertz CT molecular complexity index is 466. The number of carbonyl (C=O) groups is 1. The van der Waals surface area contributed by atoms with Crippen LogP contribution in [0.1, 0.15) is 29.5 Å². The zero-order valence-electron chi connectivity index (χ0n) is 9.27. The third-order valence-corrected chi connectivity index (χ3v) is 2.52. The van der Waals surface area contributed by atoms with Crippen LogP contribution in [0.2, 0.25) is 0 Å². The van der Waals surface area contributed by atoms with Crippen molar-refractivity contribution in [1.82, 2.24) is 0 Å². The minimum atomic E-state index is 0.368. The molecule has 0 amide bonds. The zero-order valence-corrected chi connectivity index (χ0v) is 9.27. The number of carbonyl (C=O) groups excluding carboxylic acids is 1. The van der Waals surface area contributed by atoms with E-state index < -0.39 is 0 Å². The van der Waals surface area contributed by atoms with Gasteiger partial charge in [-0.2, -0.15) is 0 Å². The lowest BCUT2D eigenvalue weighted by Gasteiger charge is -2.00. The molecule has 0 aliphatic rings. The van der Waals surface area contributed by atoms with Gasteiger partial charge in [0.2, 0.25) is 0 Å². The molecule has 0 aliphatic carbocycles. The van der Waals surface area contributed by atoms with Crippen LogP contribution in [0.3, 0.4) is 0 Å². The molecular weight excluding hydrogens is 200 g/mol. The highest BCUT2D eigenvalue weighted by Crippen LogP contribution is 2.22. The second kappa shape index (κ2) is 4.79. The summed E-state index contributed by atoms with van der Waals surface area (Å²) in [4.78, 5) is 10.5. The van der Waals surface area contributed by atoms with Crippen LogP contribution in [-0.2, 0) is 6.42 Å². The van der Waals surface area contributed by atoms with Crippen LogP contribution in [0.4, 0.5) is 0 Å². The van der Waals surface area contributed by atoms with Gasteiger partial charge in [0.1, 0.15) is 5.76 Å². The van der Waals surface area contributed by atoms with E-state index in [1.165, 1.54) is 5.56 Å². The molecule has 1 aromatic heterocycles. The van der Waals surface area contributed by atoms with Crippen molar-refractivity contribution in [3.63, 3.8) is 0 Å². The predicted octanol–water partition coefficient (Wildman–Crippen LogP) is 3.71. The molecule has 2 aromatic rings. The quantitative estimate of drug-likeness (QED) is 0.726. The van der Waals surface area contributed by atoms with Crippen LogP contribution in [0.15, 0.2) is 40.8 Å². The molecule has 0 saturated carbocycles. The number of furan rings is 1. The molecule has 2 nitrogen and oxygen atoms in total. The van der Waals surface area contributed by atoms with Crippen LogP contribution in [0, 0.1) is 0 Å². The van der Waals surface area contributed by atoms with Crippen molar-refractivity contribution >= 4 is 6.29 Å². The molecule has 0 N–H and O–H groups in total. The van der Waals surface area contributed by atoms with E-state index in [9.17, 15) is 4.79 Å². The summed E-state index contributed by atoms with van der Waals surface area (Å²) >= 11 is 0. The first-order valence-corrected chi connectivity index (χ1v) is 5.48. The Labute approximate surface area is 94.9 Å². The third-order valence-electron chi connectivity index (χ3n) is 2.52. The van der Waals surface area contributed by atoms with Gasteiger partial charge in [-0.1, -0.05) is 37.6 Å². The van der Waals surface area contributed by atoms with Crippen molar-refractivity contribution in [1.29, 1.82) is 0 Å². The van der Waals surface area contributed by atoms with Crippen LogP contribution < -0.4 is 0 Å². The second-order valence-corrected chi connectivity index (χ2v) is 3.77. The Kier molecular flexibility index (Phi) is 3.20. The smallest absolute Gasteiger partial charge is 0.185 e. The number of aryl methyl sites for hydroxylation is 1. The van der Waals surface area contributed by atoms with Crippen LogP contribution in [-0.4, -0.2) is 6.29 Å². The summed E-state index contributed by atoms with van der Waals surface area (Å²) in [5, 5.41) is 0. The normalized spacial score (nSPS) is 10.3. The molecule has 2 heteroatoms. The third kappa shape index (κ3) is 2.22. The molecule has 0 atom stereocenters. The number of hydrogen-bond acceptors (Lipinski definition) is 2. The lowest BCUT2D eigenvalue weighted by atomic mass is 10.1. The maximum atomic E-state index is 10.5. The number of aldehydes is 1. The standard InChI is InChI=1S/C14H14O2/c1-2-3-11-4-6-12(7-5-11)14-9-8-13(10-15)16-14/h4-10H,2-3H2,1H3. The van der Waals surface area contributed by atoms with Crippen molar-refractivity contribution in [3.8, 4) is 11.3 Å². The fourth-order valence-electron chi connectivity index (χ4n) is 1.70. The summed E-state index contributed by atoms with van der Waals surface area (Å²) in [5.41, 5.74) is 2.33.